The number of fused-ring (bicyclic) bond motifs is 1. The Kier molecular flexibility index (Phi) is 6.01. The summed E-state index contributed by atoms with van der Waals surface area (Å²) < 4.78 is 34.4. The predicted octanol–water partition coefficient (Wildman–Crippen LogP) is 6.45. The van der Waals surface area contributed by atoms with Gasteiger partial charge >= 0.3 is 0 Å². The summed E-state index contributed by atoms with van der Waals surface area (Å²) in [4.78, 5) is 0.170. The highest BCUT2D eigenvalue weighted by molar-refractivity contribution is 7.93. The molecule has 0 aliphatic rings. The van der Waals surface area contributed by atoms with Crippen LogP contribution < -0.4 is 10.0 Å². The number of sulfonamides is 1. The molecule has 0 amide bonds. The minimum Gasteiger partial charge on any atom is -0.374 e. The van der Waals surface area contributed by atoms with Crippen LogP contribution in [0.2, 0.25) is 0 Å². The van der Waals surface area contributed by atoms with Gasteiger partial charge in [0.05, 0.1) is 16.6 Å². The Labute approximate surface area is 204 Å². The van der Waals surface area contributed by atoms with E-state index in [2.05, 4.69) is 39.5 Å². The first-order chi connectivity index (χ1) is 16.9. The quantitative estimate of drug-likeness (QED) is 0.278. The molecule has 6 nitrogen and oxygen atoms in total. The molecule has 7 heteroatoms. The van der Waals surface area contributed by atoms with Crippen molar-refractivity contribution >= 4 is 32.4 Å². The van der Waals surface area contributed by atoms with Gasteiger partial charge in [-0.1, -0.05) is 90.1 Å². The van der Waals surface area contributed by atoms with Crippen molar-refractivity contribution < 1.29 is 12.9 Å². The van der Waals surface area contributed by atoms with Gasteiger partial charge in [-0.05, 0) is 37.1 Å². The first kappa shape index (κ1) is 22.7. The van der Waals surface area contributed by atoms with Crippen molar-refractivity contribution in [2.45, 2.75) is 24.8 Å². The van der Waals surface area contributed by atoms with Crippen LogP contribution in [-0.4, -0.2) is 13.6 Å². The fourth-order valence-electron chi connectivity index (χ4n) is 4.13. The van der Waals surface area contributed by atoms with Crippen LogP contribution in [0.3, 0.4) is 0 Å². The molecule has 0 radical (unpaired) electrons. The van der Waals surface area contributed by atoms with Crippen molar-refractivity contribution in [2.24, 2.45) is 0 Å². The second-order valence-electron chi connectivity index (χ2n) is 8.38. The van der Waals surface area contributed by atoms with Gasteiger partial charge < -0.3 is 9.84 Å². The molecular formula is C28H25N3O3S. The zero-order valence-corrected chi connectivity index (χ0v) is 20.2. The molecule has 176 valence electrons. The topological polar surface area (TPSA) is 84.2 Å². The van der Waals surface area contributed by atoms with E-state index in [9.17, 15) is 8.42 Å². The highest BCUT2D eigenvalue weighted by atomic mass is 32.2. The maximum atomic E-state index is 13.3. The summed E-state index contributed by atoms with van der Waals surface area (Å²) >= 11 is 0. The van der Waals surface area contributed by atoms with Crippen LogP contribution in [-0.2, 0) is 10.0 Å². The Balaban J connectivity index is 1.57. The zero-order chi connectivity index (χ0) is 24.4. The molecule has 5 rings (SSSR count). The summed E-state index contributed by atoms with van der Waals surface area (Å²) in [7, 11) is -3.91. The van der Waals surface area contributed by atoms with Gasteiger partial charge in [0.25, 0.3) is 10.0 Å². The molecule has 1 heterocycles. The van der Waals surface area contributed by atoms with Crippen molar-refractivity contribution in [2.75, 3.05) is 10.0 Å². The van der Waals surface area contributed by atoms with Gasteiger partial charge in [-0.25, -0.2) is 13.1 Å². The molecule has 0 bridgehead atoms. The number of nitrogens with one attached hydrogen (secondary N) is 2. The van der Waals surface area contributed by atoms with Gasteiger partial charge in [-0.2, -0.15) is 0 Å². The largest absolute Gasteiger partial charge is 0.374 e. The van der Waals surface area contributed by atoms with Gasteiger partial charge in [-0.3, -0.25) is 0 Å². The van der Waals surface area contributed by atoms with E-state index in [-0.39, 0.29) is 16.8 Å². The first-order valence-corrected chi connectivity index (χ1v) is 12.8. The summed E-state index contributed by atoms with van der Waals surface area (Å²) in [6.07, 6.45) is 0. The summed E-state index contributed by atoms with van der Waals surface area (Å²) in [6.45, 7) is 3.53. The van der Waals surface area contributed by atoms with E-state index in [0.717, 1.165) is 22.2 Å². The lowest BCUT2D eigenvalue weighted by atomic mass is 9.97. The number of aryl methyl sites for hydroxylation is 1. The van der Waals surface area contributed by atoms with Crippen molar-refractivity contribution in [3.63, 3.8) is 0 Å². The Morgan fingerprint density at radius 2 is 1.34 bits per heavy atom. The number of aromatic nitrogens is 1. The summed E-state index contributed by atoms with van der Waals surface area (Å²) in [5, 5.41) is 8.91. The molecule has 1 aromatic heterocycles. The predicted molar refractivity (Wildman–Crippen MR) is 139 cm³/mol. The van der Waals surface area contributed by atoms with Crippen molar-refractivity contribution in [1.29, 1.82) is 0 Å². The van der Waals surface area contributed by atoms with E-state index in [1.807, 2.05) is 60.7 Å². The normalized spacial score (nSPS) is 11.6. The molecule has 4 aromatic carbocycles. The number of benzene rings is 4. The van der Waals surface area contributed by atoms with Gasteiger partial charge in [0.15, 0.2) is 0 Å². The standard InChI is InChI=1S/C28H25N3O3S/c1-19-20(2)30-34-28(19)31-35(32,33)26-18-10-15-23-24(26)16-9-17-25(23)29-27(21-11-5-3-6-12-21)22-13-7-4-8-14-22/h3-18,27,29,31H,1-2H3. The van der Waals surface area contributed by atoms with Crippen LogP contribution in [0.4, 0.5) is 11.6 Å². The fourth-order valence-corrected chi connectivity index (χ4v) is 5.40. The number of hydrogen-bond donors (Lipinski definition) is 2. The van der Waals surface area contributed by atoms with Crippen molar-refractivity contribution in [3.8, 4) is 0 Å². The molecule has 0 fully saturated rings. The molecule has 35 heavy (non-hydrogen) atoms. The molecule has 0 atom stereocenters. The monoisotopic (exact) mass is 483 g/mol. The van der Waals surface area contributed by atoms with Crippen LogP contribution in [0.5, 0.6) is 0 Å². The Bertz CT molecular complexity index is 1540. The highest BCUT2D eigenvalue weighted by Gasteiger charge is 2.22. The first-order valence-electron chi connectivity index (χ1n) is 11.3. The Hall–Kier alpha value is -4.10. The zero-order valence-electron chi connectivity index (χ0n) is 19.4. The minimum absolute atomic E-state index is 0.110. The SMILES string of the molecule is Cc1noc(NS(=O)(=O)c2cccc3c(NC(c4ccccc4)c4ccccc4)cccc23)c1C. The molecule has 0 saturated carbocycles. The average molecular weight is 484 g/mol. The van der Waals surface area contributed by atoms with E-state index in [1.165, 1.54) is 0 Å². The van der Waals surface area contributed by atoms with Crippen LogP contribution in [0.15, 0.2) is 106 Å². The van der Waals surface area contributed by atoms with Gasteiger partial charge in [0, 0.05) is 22.0 Å². The van der Waals surface area contributed by atoms with Gasteiger partial charge in [0.2, 0.25) is 5.88 Å². The summed E-state index contributed by atoms with van der Waals surface area (Å²) in [5.74, 6) is 0.127. The third kappa shape index (κ3) is 4.50. The van der Waals surface area contributed by atoms with Crippen LogP contribution in [0, 0.1) is 13.8 Å². The molecule has 0 aliphatic heterocycles. The molecule has 5 aromatic rings. The maximum Gasteiger partial charge on any atom is 0.264 e. The number of nitrogens with zero attached hydrogens (tertiary/aromatic N) is 1. The molecule has 0 unspecified atom stereocenters. The summed E-state index contributed by atoms with van der Waals surface area (Å²) in [6, 6.07) is 31.2. The van der Waals surface area contributed by atoms with E-state index in [0.29, 0.717) is 16.6 Å². The number of hydrogen-bond acceptors (Lipinski definition) is 5. The lowest BCUT2D eigenvalue weighted by Crippen LogP contribution is -2.14. The number of anilines is 2. The highest BCUT2D eigenvalue weighted by Crippen LogP contribution is 2.34. The van der Waals surface area contributed by atoms with Crippen LogP contribution in [0.25, 0.3) is 10.8 Å². The third-order valence-corrected chi connectivity index (χ3v) is 7.51. The smallest absolute Gasteiger partial charge is 0.264 e. The molecule has 0 saturated heterocycles. The van der Waals surface area contributed by atoms with Crippen molar-refractivity contribution in [1.82, 2.24) is 5.16 Å². The third-order valence-electron chi connectivity index (χ3n) is 6.12. The maximum absolute atomic E-state index is 13.3. The average Bonchev–Trinajstić information content (AvgIpc) is 3.19. The minimum atomic E-state index is -3.91. The second-order valence-corrected chi connectivity index (χ2v) is 10.0. The van der Waals surface area contributed by atoms with E-state index < -0.39 is 10.0 Å². The van der Waals surface area contributed by atoms with E-state index in [4.69, 9.17) is 4.52 Å². The Morgan fingerprint density at radius 1 is 0.743 bits per heavy atom. The molecule has 0 spiro atoms. The van der Waals surface area contributed by atoms with Crippen molar-refractivity contribution in [3.05, 3.63) is 119 Å². The molecule has 2 N–H and O–H groups in total. The van der Waals surface area contributed by atoms with Crippen LogP contribution >= 0.6 is 0 Å². The van der Waals surface area contributed by atoms with Crippen LogP contribution in [0.1, 0.15) is 28.4 Å². The van der Waals surface area contributed by atoms with E-state index in [1.54, 1.807) is 26.0 Å². The summed E-state index contributed by atoms with van der Waals surface area (Å²) in [5.41, 5.74) is 4.35. The molecule has 0 aliphatic carbocycles. The van der Waals surface area contributed by atoms with Gasteiger partial charge in [-0.15, -0.1) is 0 Å². The van der Waals surface area contributed by atoms with E-state index >= 15 is 0 Å². The Morgan fingerprint density at radius 3 is 1.94 bits per heavy atom. The fraction of sp³-hybridized carbons (Fsp3) is 0.107. The lowest BCUT2D eigenvalue weighted by Gasteiger charge is -2.22. The number of rotatable bonds is 7. The molecular weight excluding hydrogens is 458 g/mol. The van der Waals surface area contributed by atoms with Gasteiger partial charge in [0.1, 0.15) is 0 Å². The second kappa shape index (κ2) is 9.27. The lowest BCUT2D eigenvalue weighted by molar-refractivity contribution is 0.430.